The van der Waals surface area contributed by atoms with Gasteiger partial charge in [-0.15, -0.1) is 0 Å². The number of hydrogen-bond acceptors (Lipinski definition) is 3. The van der Waals surface area contributed by atoms with Gasteiger partial charge in [-0.05, 0) is 29.8 Å². The molecule has 0 atom stereocenters. The molecule has 6 heteroatoms. The Bertz CT molecular complexity index is 889. The van der Waals surface area contributed by atoms with E-state index in [0.29, 0.717) is 16.6 Å². The van der Waals surface area contributed by atoms with Gasteiger partial charge < -0.3 is 0 Å². The van der Waals surface area contributed by atoms with Crippen LogP contribution in [-0.4, -0.2) is 16.8 Å². The topological polar surface area (TPSA) is 71.1 Å². The molecule has 3 rings (SSSR count). The second-order valence-electron chi connectivity index (χ2n) is 5.19. The molecule has 0 unspecified atom stereocenters. The van der Waals surface area contributed by atoms with E-state index in [0.717, 1.165) is 5.39 Å². The minimum atomic E-state index is -0.452. The Morgan fingerprint density at radius 1 is 0.958 bits per heavy atom. The van der Waals surface area contributed by atoms with Crippen LogP contribution >= 0.6 is 0 Å². The molecule has 2 N–H and O–H groups in total. The minimum absolute atomic E-state index is 0.0361. The lowest BCUT2D eigenvalue weighted by Gasteiger charge is -2.09. The van der Waals surface area contributed by atoms with Gasteiger partial charge >= 0.3 is 0 Å². The summed E-state index contributed by atoms with van der Waals surface area (Å²) in [6.07, 6.45) is 1.64. The number of hydrogen-bond donors (Lipinski definition) is 2. The Hall–Kier alpha value is -3.28. The van der Waals surface area contributed by atoms with Gasteiger partial charge in [0.05, 0.1) is 17.5 Å². The average Bonchev–Trinajstić information content (AvgIpc) is 2.61. The van der Waals surface area contributed by atoms with Crippen LogP contribution in [0, 0.1) is 5.82 Å². The fourth-order valence-corrected chi connectivity index (χ4v) is 2.31. The van der Waals surface area contributed by atoms with E-state index in [2.05, 4.69) is 15.8 Å². The predicted octanol–water partition coefficient (Wildman–Crippen LogP) is 2.38. The quantitative estimate of drug-likeness (QED) is 0.727. The van der Waals surface area contributed by atoms with Gasteiger partial charge in [-0.25, -0.2) is 4.39 Å². The molecule has 2 aromatic carbocycles. The third-order valence-electron chi connectivity index (χ3n) is 3.47. The minimum Gasteiger partial charge on any atom is -0.273 e. The van der Waals surface area contributed by atoms with Crippen molar-refractivity contribution in [2.24, 2.45) is 0 Å². The summed E-state index contributed by atoms with van der Waals surface area (Å²) in [6.45, 7) is 0. The monoisotopic (exact) mass is 323 g/mol. The van der Waals surface area contributed by atoms with Crippen molar-refractivity contribution >= 4 is 22.7 Å². The highest BCUT2D eigenvalue weighted by Gasteiger charge is 2.12. The molecule has 0 aliphatic carbocycles. The molecule has 1 heterocycles. The van der Waals surface area contributed by atoms with Gasteiger partial charge in [0.25, 0.3) is 5.91 Å². The van der Waals surface area contributed by atoms with E-state index in [9.17, 15) is 14.0 Å². The maximum Gasteiger partial charge on any atom is 0.271 e. The molecule has 0 radical (unpaired) electrons. The van der Waals surface area contributed by atoms with E-state index in [4.69, 9.17) is 0 Å². The lowest BCUT2D eigenvalue weighted by Crippen LogP contribution is -2.42. The van der Waals surface area contributed by atoms with Crippen LogP contribution in [0.2, 0.25) is 0 Å². The van der Waals surface area contributed by atoms with Crippen molar-refractivity contribution in [3.63, 3.8) is 0 Å². The lowest BCUT2D eigenvalue weighted by molar-refractivity contribution is -0.121. The smallest absolute Gasteiger partial charge is 0.271 e. The fraction of sp³-hybridized carbons (Fsp3) is 0.0556. The second kappa shape index (κ2) is 6.87. The first-order chi connectivity index (χ1) is 11.6. The summed E-state index contributed by atoms with van der Waals surface area (Å²) in [4.78, 5) is 28.3. The molecule has 0 fully saturated rings. The number of rotatable bonds is 3. The zero-order chi connectivity index (χ0) is 16.9. The van der Waals surface area contributed by atoms with Crippen LogP contribution in [0.4, 0.5) is 4.39 Å². The van der Waals surface area contributed by atoms with Crippen LogP contribution in [0.25, 0.3) is 10.9 Å². The van der Waals surface area contributed by atoms with E-state index in [1.807, 2.05) is 12.1 Å². The summed E-state index contributed by atoms with van der Waals surface area (Å²) >= 11 is 0. The van der Waals surface area contributed by atoms with Gasteiger partial charge in [0.15, 0.2) is 0 Å². The van der Waals surface area contributed by atoms with Crippen molar-refractivity contribution in [1.29, 1.82) is 0 Å². The van der Waals surface area contributed by atoms with Crippen molar-refractivity contribution in [3.8, 4) is 0 Å². The number of carbonyl (C=O) groups excluding carboxylic acids is 2. The Morgan fingerprint density at radius 2 is 1.71 bits per heavy atom. The number of nitrogens with one attached hydrogen (secondary N) is 2. The molecule has 5 nitrogen and oxygen atoms in total. The Morgan fingerprint density at radius 3 is 2.50 bits per heavy atom. The molecule has 0 saturated heterocycles. The van der Waals surface area contributed by atoms with Crippen LogP contribution < -0.4 is 10.9 Å². The molecule has 0 aliphatic heterocycles. The van der Waals surface area contributed by atoms with Crippen molar-refractivity contribution in [2.45, 2.75) is 6.42 Å². The summed E-state index contributed by atoms with van der Waals surface area (Å²) in [5.41, 5.74) is 6.30. The summed E-state index contributed by atoms with van der Waals surface area (Å²) in [7, 11) is 0. The van der Waals surface area contributed by atoms with Crippen molar-refractivity contribution in [2.75, 3.05) is 0 Å². The first-order valence-electron chi connectivity index (χ1n) is 7.31. The number of aromatic nitrogens is 1. The van der Waals surface area contributed by atoms with Crippen LogP contribution in [0.3, 0.4) is 0 Å². The van der Waals surface area contributed by atoms with Gasteiger partial charge in [0, 0.05) is 11.6 Å². The number of halogens is 1. The second-order valence-corrected chi connectivity index (χ2v) is 5.19. The van der Waals surface area contributed by atoms with Gasteiger partial charge in [-0.1, -0.05) is 30.3 Å². The van der Waals surface area contributed by atoms with E-state index in [-0.39, 0.29) is 12.2 Å². The number of nitrogens with zero attached hydrogens (tertiary/aromatic N) is 1. The van der Waals surface area contributed by atoms with Crippen molar-refractivity contribution < 1.29 is 14.0 Å². The van der Waals surface area contributed by atoms with E-state index >= 15 is 0 Å². The molecular formula is C18H14FN3O2. The lowest BCUT2D eigenvalue weighted by atomic mass is 10.1. The summed E-state index contributed by atoms with van der Waals surface area (Å²) in [5.74, 6) is -1.22. The maximum atomic E-state index is 12.8. The number of pyridine rings is 1. The van der Waals surface area contributed by atoms with Gasteiger partial charge in [-0.3, -0.25) is 25.4 Å². The van der Waals surface area contributed by atoms with E-state index in [1.54, 1.807) is 24.4 Å². The molecule has 0 aliphatic rings. The molecule has 0 saturated carbocycles. The highest BCUT2D eigenvalue weighted by Crippen LogP contribution is 2.15. The molecule has 120 valence electrons. The number of benzene rings is 2. The average molecular weight is 323 g/mol. The fourth-order valence-electron chi connectivity index (χ4n) is 2.31. The number of carbonyl (C=O) groups is 2. The Kier molecular flexibility index (Phi) is 4.47. The zero-order valence-electron chi connectivity index (χ0n) is 12.6. The molecule has 0 spiro atoms. The van der Waals surface area contributed by atoms with Gasteiger partial charge in [0.1, 0.15) is 5.82 Å². The SMILES string of the molecule is O=C(Cc1ccc(F)cc1)NNC(=O)c1cccc2cccnc12. The van der Waals surface area contributed by atoms with Crippen LogP contribution in [0.1, 0.15) is 15.9 Å². The molecule has 2 amide bonds. The summed E-state index contributed by atoms with van der Waals surface area (Å²) in [6, 6.07) is 14.5. The van der Waals surface area contributed by atoms with E-state index in [1.165, 1.54) is 24.3 Å². The highest BCUT2D eigenvalue weighted by molar-refractivity contribution is 6.05. The van der Waals surface area contributed by atoms with E-state index < -0.39 is 11.8 Å². The van der Waals surface area contributed by atoms with Gasteiger partial charge in [-0.2, -0.15) is 0 Å². The number of para-hydroxylation sites is 1. The number of fused-ring (bicyclic) bond motifs is 1. The number of hydrazine groups is 1. The maximum absolute atomic E-state index is 12.8. The van der Waals surface area contributed by atoms with Crippen LogP contribution in [0.15, 0.2) is 60.8 Å². The Balaban J connectivity index is 1.64. The first-order valence-corrected chi connectivity index (χ1v) is 7.31. The molecule has 0 bridgehead atoms. The zero-order valence-corrected chi connectivity index (χ0v) is 12.6. The molecule has 3 aromatic rings. The van der Waals surface area contributed by atoms with Crippen LogP contribution in [-0.2, 0) is 11.2 Å². The molecular weight excluding hydrogens is 309 g/mol. The van der Waals surface area contributed by atoms with Gasteiger partial charge in [0.2, 0.25) is 5.91 Å². The summed E-state index contributed by atoms with van der Waals surface area (Å²) in [5, 5.41) is 0.836. The third kappa shape index (κ3) is 3.55. The van der Waals surface area contributed by atoms with Crippen molar-refractivity contribution in [1.82, 2.24) is 15.8 Å². The van der Waals surface area contributed by atoms with Crippen molar-refractivity contribution in [3.05, 3.63) is 77.7 Å². The largest absolute Gasteiger partial charge is 0.273 e. The Labute approximate surface area is 137 Å². The number of amides is 2. The molecule has 24 heavy (non-hydrogen) atoms. The highest BCUT2D eigenvalue weighted by atomic mass is 19.1. The van der Waals surface area contributed by atoms with Crippen LogP contribution in [0.5, 0.6) is 0 Å². The standard InChI is InChI=1S/C18H14FN3O2/c19-14-8-6-12(7-9-14)11-16(23)21-22-18(24)15-5-1-3-13-4-2-10-20-17(13)15/h1-10H,11H2,(H,21,23)(H,22,24). The third-order valence-corrected chi connectivity index (χ3v) is 3.47. The summed E-state index contributed by atoms with van der Waals surface area (Å²) < 4.78 is 12.8. The molecule has 1 aromatic heterocycles. The first kappa shape index (κ1) is 15.6. The normalized spacial score (nSPS) is 10.4. The predicted molar refractivity (Wildman–Crippen MR) is 87.5 cm³/mol.